The fourth-order valence-corrected chi connectivity index (χ4v) is 0.0224. The average Bonchev–Trinajstić information content (AvgIpc) is 1.65. The van der Waals surface area contributed by atoms with Gasteiger partial charge < -0.3 is 10.9 Å². The third kappa shape index (κ3) is 1.12. The first kappa shape index (κ1) is 4.76. The molecule has 0 bridgehead atoms. The lowest BCUT2D eigenvalue weighted by Crippen LogP contribution is -2.06. The lowest BCUT2D eigenvalue weighted by atomic mass is 10.7. The standard InChI is InChI=1S/C2H3N3O/c3-1-2(4)5-6/h6H,(H2,4,5). The molecule has 0 aromatic rings. The summed E-state index contributed by atoms with van der Waals surface area (Å²) in [6, 6.07) is 1.39. The van der Waals surface area contributed by atoms with Gasteiger partial charge >= 0.3 is 0 Å². The van der Waals surface area contributed by atoms with Crippen molar-refractivity contribution in [3.05, 3.63) is 0 Å². The van der Waals surface area contributed by atoms with Gasteiger partial charge in [0.25, 0.3) is 0 Å². The van der Waals surface area contributed by atoms with Crippen molar-refractivity contribution in [2.24, 2.45) is 10.9 Å². The SMILES string of the molecule is N#C/C(N)=N\O. The van der Waals surface area contributed by atoms with Gasteiger partial charge in [0.1, 0.15) is 6.07 Å². The molecule has 0 heterocycles. The number of amidine groups is 1. The second-order valence-corrected chi connectivity index (χ2v) is 0.597. The Morgan fingerprint density at radius 3 is 2.50 bits per heavy atom. The van der Waals surface area contributed by atoms with E-state index < -0.39 is 5.84 Å². The molecule has 0 aromatic carbocycles. The average molecular weight is 85.1 g/mol. The summed E-state index contributed by atoms with van der Waals surface area (Å²) in [5, 5.41) is 17.6. The molecule has 0 saturated heterocycles. The van der Waals surface area contributed by atoms with E-state index in [1.54, 1.807) is 0 Å². The van der Waals surface area contributed by atoms with Crippen molar-refractivity contribution in [2.45, 2.75) is 0 Å². The third-order valence-corrected chi connectivity index (χ3v) is 0.222. The highest BCUT2D eigenvalue weighted by Crippen LogP contribution is 1.52. The molecule has 0 spiro atoms. The van der Waals surface area contributed by atoms with Gasteiger partial charge in [0.05, 0.1) is 0 Å². The van der Waals surface area contributed by atoms with E-state index >= 15 is 0 Å². The lowest BCUT2D eigenvalue weighted by molar-refractivity contribution is 0.319. The highest BCUT2D eigenvalue weighted by atomic mass is 16.4. The van der Waals surface area contributed by atoms with Crippen molar-refractivity contribution in [1.29, 1.82) is 5.26 Å². The van der Waals surface area contributed by atoms with Crippen LogP contribution in [0.4, 0.5) is 0 Å². The van der Waals surface area contributed by atoms with Crippen LogP contribution in [-0.2, 0) is 0 Å². The first-order valence-corrected chi connectivity index (χ1v) is 1.19. The van der Waals surface area contributed by atoms with Gasteiger partial charge in [-0.3, -0.25) is 0 Å². The molecule has 3 N–H and O–H groups in total. The van der Waals surface area contributed by atoms with Crippen molar-refractivity contribution in [1.82, 2.24) is 0 Å². The summed E-state index contributed by atoms with van der Waals surface area (Å²) in [5.41, 5.74) is 4.61. The number of oxime groups is 1. The van der Waals surface area contributed by atoms with Gasteiger partial charge in [0.15, 0.2) is 0 Å². The van der Waals surface area contributed by atoms with Crippen LogP contribution in [0.1, 0.15) is 0 Å². The number of hydrogen-bond acceptors (Lipinski definition) is 3. The van der Waals surface area contributed by atoms with Gasteiger partial charge in [0.2, 0.25) is 5.84 Å². The second-order valence-electron chi connectivity index (χ2n) is 0.597. The van der Waals surface area contributed by atoms with Gasteiger partial charge in [-0.05, 0) is 0 Å². The summed E-state index contributed by atoms with van der Waals surface area (Å²) in [7, 11) is 0. The van der Waals surface area contributed by atoms with Crippen LogP contribution in [0, 0.1) is 11.3 Å². The van der Waals surface area contributed by atoms with Crippen LogP contribution in [0.2, 0.25) is 0 Å². The van der Waals surface area contributed by atoms with Crippen LogP contribution in [0.25, 0.3) is 0 Å². The molecule has 0 aliphatic carbocycles. The number of hydrogen-bond donors (Lipinski definition) is 2. The molecule has 0 radical (unpaired) electrons. The number of rotatable bonds is 0. The minimum Gasteiger partial charge on any atom is -0.409 e. The summed E-state index contributed by atoms with van der Waals surface area (Å²) in [6.07, 6.45) is 0. The van der Waals surface area contributed by atoms with Crippen LogP contribution in [0.5, 0.6) is 0 Å². The zero-order valence-electron chi connectivity index (χ0n) is 2.92. The Bertz CT molecular complexity index is 99.9. The normalized spacial score (nSPS) is 10.2. The van der Waals surface area contributed by atoms with E-state index in [0.717, 1.165) is 0 Å². The summed E-state index contributed by atoms with van der Waals surface area (Å²) < 4.78 is 0. The van der Waals surface area contributed by atoms with E-state index in [4.69, 9.17) is 10.5 Å². The maximum absolute atomic E-state index is 7.67. The molecule has 0 aliphatic heterocycles. The minimum absolute atomic E-state index is 0.421. The quantitative estimate of drug-likeness (QED) is 0.176. The van der Waals surface area contributed by atoms with Gasteiger partial charge in [-0.1, -0.05) is 5.16 Å². The number of nitriles is 1. The molecule has 0 saturated carbocycles. The summed E-state index contributed by atoms with van der Waals surface area (Å²) in [5.74, 6) is -0.421. The van der Waals surface area contributed by atoms with Gasteiger partial charge in [-0.15, -0.1) is 0 Å². The van der Waals surface area contributed by atoms with E-state index in [1.165, 1.54) is 6.07 Å². The number of nitrogens with zero attached hydrogens (tertiary/aromatic N) is 2. The summed E-state index contributed by atoms with van der Waals surface area (Å²) >= 11 is 0. The largest absolute Gasteiger partial charge is 0.409 e. The van der Waals surface area contributed by atoms with Crippen LogP contribution < -0.4 is 5.73 Å². The van der Waals surface area contributed by atoms with Gasteiger partial charge in [0, 0.05) is 0 Å². The Labute approximate surface area is 34.5 Å². The molecular formula is C2H3N3O. The van der Waals surface area contributed by atoms with E-state index in [0.29, 0.717) is 0 Å². The Balaban J connectivity index is 3.61. The third-order valence-electron chi connectivity index (χ3n) is 0.222. The zero-order chi connectivity index (χ0) is 4.99. The van der Waals surface area contributed by atoms with E-state index in [2.05, 4.69) is 10.9 Å². The van der Waals surface area contributed by atoms with Gasteiger partial charge in [-0.25, -0.2) is 0 Å². The molecule has 4 heteroatoms. The Kier molecular flexibility index (Phi) is 1.61. The molecule has 0 rings (SSSR count). The van der Waals surface area contributed by atoms with Crippen LogP contribution in [0.3, 0.4) is 0 Å². The minimum atomic E-state index is -0.421. The molecule has 6 heavy (non-hydrogen) atoms. The van der Waals surface area contributed by atoms with Crippen molar-refractivity contribution < 1.29 is 5.21 Å². The first-order valence-electron chi connectivity index (χ1n) is 1.19. The van der Waals surface area contributed by atoms with Crippen LogP contribution >= 0.6 is 0 Å². The maximum Gasteiger partial charge on any atom is 0.241 e. The Hall–Kier alpha value is -1.24. The molecular weight excluding hydrogens is 82.0 g/mol. The summed E-state index contributed by atoms with van der Waals surface area (Å²) in [4.78, 5) is 0. The van der Waals surface area contributed by atoms with Crippen molar-refractivity contribution in [3.63, 3.8) is 0 Å². The van der Waals surface area contributed by atoms with Crippen molar-refractivity contribution in [3.8, 4) is 6.07 Å². The molecule has 4 nitrogen and oxygen atoms in total. The predicted octanol–water partition coefficient (Wildman–Crippen LogP) is -0.744. The monoisotopic (exact) mass is 85.0 g/mol. The predicted molar refractivity (Wildman–Crippen MR) is 19.0 cm³/mol. The number of nitrogens with two attached hydrogens (primary N) is 1. The fourth-order valence-electron chi connectivity index (χ4n) is 0.0224. The zero-order valence-corrected chi connectivity index (χ0v) is 2.92. The smallest absolute Gasteiger partial charge is 0.241 e. The fraction of sp³-hybridized carbons (Fsp3) is 0. The molecule has 0 amide bonds. The van der Waals surface area contributed by atoms with Crippen molar-refractivity contribution in [2.75, 3.05) is 0 Å². The lowest BCUT2D eigenvalue weighted by Gasteiger charge is -1.70. The second kappa shape index (κ2) is 2.03. The Morgan fingerprint density at radius 1 is 2.00 bits per heavy atom. The highest BCUT2D eigenvalue weighted by Gasteiger charge is 1.77. The van der Waals surface area contributed by atoms with Crippen LogP contribution in [-0.4, -0.2) is 11.0 Å². The molecule has 0 aromatic heterocycles. The highest BCUT2D eigenvalue weighted by molar-refractivity contribution is 5.94. The van der Waals surface area contributed by atoms with E-state index in [9.17, 15) is 0 Å². The first-order chi connectivity index (χ1) is 2.81. The Morgan fingerprint density at radius 2 is 2.50 bits per heavy atom. The molecule has 0 atom stereocenters. The molecule has 0 unspecified atom stereocenters. The van der Waals surface area contributed by atoms with E-state index in [1.807, 2.05) is 0 Å². The van der Waals surface area contributed by atoms with Crippen molar-refractivity contribution >= 4 is 5.84 Å². The summed E-state index contributed by atoms with van der Waals surface area (Å²) in [6.45, 7) is 0. The maximum atomic E-state index is 7.67. The van der Waals surface area contributed by atoms with Crippen LogP contribution in [0.15, 0.2) is 5.16 Å². The molecule has 32 valence electrons. The van der Waals surface area contributed by atoms with Gasteiger partial charge in [-0.2, -0.15) is 5.26 Å². The topological polar surface area (TPSA) is 82.4 Å². The van der Waals surface area contributed by atoms with E-state index in [-0.39, 0.29) is 0 Å². The molecule has 0 fully saturated rings. The molecule has 0 aliphatic rings.